The SMILES string of the molecule is CC(C)C(=O)N[C@@H](C)C(=O)/C=C/c1cc[nH]n1. The van der Waals surface area contributed by atoms with Gasteiger partial charge in [-0.2, -0.15) is 5.10 Å². The number of aromatic amines is 1. The van der Waals surface area contributed by atoms with Crippen molar-refractivity contribution in [1.82, 2.24) is 15.5 Å². The van der Waals surface area contributed by atoms with E-state index < -0.39 is 6.04 Å². The molecule has 1 heterocycles. The molecule has 0 aliphatic rings. The molecule has 5 heteroatoms. The van der Waals surface area contributed by atoms with Crippen LogP contribution < -0.4 is 5.32 Å². The topological polar surface area (TPSA) is 74.8 Å². The average molecular weight is 235 g/mol. The molecule has 1 atom stereocenters. The highest BCUT2D eigenvalue weighted by atomic mass is 16.2. The van der Waals surface area contributed by atoms with Crippen molar-refractivity contribution in [3.63, 3.8) is 0 Å². The minimum atomic E-state index is -0.514. The van der Waals surface area contributed by atoms with E-state index >= 15 is 0 Å². The first-order valence-corrected chi connectivity index (χ1v) is 5.52. The van der Waals surface area contributed by atoms with Crippen LogP contribution in [0.25, 0.3) is 6.08 Å². The highest BCUT2D eigenvalue weighted by molar-refractivity contribution is 5.99. The van der Waals surface area contributed by atoms with Gasteiger partial charge in [0.2, 0.25) is 5.91 Å². The first kappa shape index (κ1) is 13.2. The van der Waals surface area contributed by atoms with Gasteiger partial charge in [-0.05, 0) is 25.1 Å². The van der Waals surface area contributed by atoms with Crippen LogP contribution in [-0.4, -0.2) is 27.9 Å². The monoisotopic (exact) mass is 235 g/mol. The fraction of sp³-hybridized carbons (Fsp3) is 0.417. The van der Waals surface area contributed by atoms with Gasteiger partial charge in [-0.3, -0.25) is 14.7 Å². The summed E-state index contributed by atoms with van der Waals surface area (Å²) in [7, 11) is 0. The van der Waals surface area contributed by atoms with Gasteiger partial charge in [0.05, 0.1) is 11.7 Å². The predicted octanol–water partition coefficient (Wildman–Crippen LogP) is 1.15. The summed E-state index contributed by atoms with van der Waals surface area (Å²) in [6, 6.07) is 1.24. The van der Waals surface area contributed by atoms with Gasteiger partial charge in [0.25, 0.3) is 0 Å². The van der Waals surface area contributed by atoms with Crippen LogP contribution in [0.1, 0.15) is 26.5 Å². The fourth-order valence-electron chi connectivity index (χ4n) is 1.13. The average Bonchev–Trinajstić information content (AvgIpc) is 2.78. The third kappa shape index (κ3) is 4.22. The Balaban J connectivity index is 2.50. The van der Waals surface area contributed by atoms with Crippen molar-refractivity contribution in [2.45, 2.75) is 26.8 Å². The molecule has 1 rings (SSSR count). The Hall–Kier alpha value is -1.91. The number of aromatic nitrogens is 2. The van der Waals surface area contributed by atoms with Crippen LogP contribution in [0.4, 0.5) is 0 Å². The summed E-state index contributed by atoms with van der Waals surface area (Å²) in [6.07, 6.45) is 4.70. The van der Waals surface area contributed by atoms with Crippen LogP contribution in [-0.2, 0) is 9.59 Å². The van der Waals surface area contributed by atoms with E-state index in [4.69, 9.17) is 0 Å². The van der Waals surface area contributed by atoms with Gasteiger partial charge in [-0.25, -0.2) is 0 Å². The maximum absolute atomic E-state index is 11.7. The normalized spacial score (nSPS) is 12.9. The molecule has 1 aromatic rings. The number of hydrogen-bond acceptors (Lipinski definition) is 3. The van der Waals surface area contributed by atoms with Crippen LogP contribution in [0.2, 0.25) is 0 Å². The molecular formula is C12H17N3O2. The van der Waals surface area contributed by atoms with Gasteiger partial charge >= 0.3 is 0 Å². The number of hydrogen-bond donors (Lipinski definition) is 2. The highest BCUT2D eigenvalue weighted by Crippen LogP contribution is 1.98. The van der Waals surface area contributed by atoms with Crippen molar-refractivity contribution >= 4 is 17.8 Å². The number of rotatable bonds is 5. The standard InChI is InChI=1S/C12H17N3O2/c1-8(2)12(17)14-9(3)11(16)5-4-10-6-7-13-15-10/h4-9H,1-3H3,(H,13,15)(H,14,17)/b5-4+/t9-/m0/s1. The molecule has 0 bridgehead atoms. The highest BCUT2D eigenvalue weighted by Gasteiger charge is 2.14. The summed E-state index contributed by atoms with van der Waals surface area (Å²) in [6.45, 7) is 5.23. The van der Waals surface area contributed by atoms with Crippen molar-refractivity contribution in [1.29, 1.82) is 0 Å². The maximum atomic E-state index is 11.7. The molecule has 1 aromatic heterocycles. The number of nitrogens with one attached hydrogen (secondary N) is 2. The Kier molecular flexibility index (Phi) is 4.63. The lowest BCUT2D eigenvalue weighted by Gasteiger charge is -2.12. The van der Waals surface area contributed by atoms with Gasteiger partial charge < -0.3 is 5.32 Å². The lowest BCUT2D eigenvalue weighted by Crippen LogP contribution is -2.39. The minimum absolute atomic E-state index is 0.124. The fourth-order valence-corrected chi connectivity index (χ4v) is 1.13. The number of ketones is 1. The van der Waals surface area contributed by atoms with Crippen LogP contribution in [0, 0.1) is 5.92 Å². The summed E-state index contributed by atoms with van der Waals surface area (Å²) >= 11 is 0. The molecule has 0 saturated heterocycles. The molecule has 0 aliphatic carbocycles. The summed E-state index contributed by atoms with van der Waals surface area (Å²) in [5, 5.41) is 9.17. The summed E-state index contributed by atoms with van der Waals surface area (Å²) in [5.41, 5.74) is 0.681. The van der Waals surface area contributed by atoms with Gasteiger partial charge in [0, 0.05) is 12.1 Å². The van der Waals surface area contributed by atoms with Gasteiger partial charge in [-0.15, -0.1) is 0 Å². The minimum Gasteiger partial charge on any atom is -0.346 e. The molecule has 0 aliphatic heterocycles. The van der Waals surface area contributed by atoms with E-state index in [1.807, 2.05) is 0 Å². The van der Waals surface area contributed by atoms with Gasteiger partial charge in [0.15, 0.2) is 5.78 Å². The maximum Gasteiger partial charge on any atom is 0.223 e. The van der Waals surface area contributed by atoms with Crippen LogP contribution in [0.5, 0.6) is 0 Å². The lowest BCUT2D eigenvalue weighted by molar-refractivity contribution is -0.127. The molecule has 0 spiro atoms. The first-order chi connectivity index (χ1) is 8.00. The molecule has 0 saturated carbocycles. The van der Waals surface area contributed by atoms with E-state index in [0.717, 1.165) is 0 Å². The molecule has 0 radical (unpaired) electrons. The number of amides is 1. The molecule has 5 nitrogen and oxygen atoms in total. The van der Waals surface area contributed by atoms with E-state index in [1.165, 1.54) is 6.08 Å². The van der Waals surface area contributed by atoms with E-state index in [0.29, 0.717) is 5.69 Å². The Morgan fingerprint density at radius 3 is 2.65 bits per heavy atom. The molecule has 92 valence electrons. The van der Waals surface area contributed by atoms with Crippen molar-refractivity contribution in [2.75, 3.05) is 0 Å². The number of nitrogens with zero attached hydrogens (tertiary/aromatic N) is 1. The van der Waals surface area contributed by atoms with Crippen molar-refractivity contribution < 1.29 is 9.59 Å². The zero-order chi connectivity index (χ0) is 12.8. The molecule has 0 aromatic carbocycles. The molecule has 2 N–H and O–H groups in total. The van der Waals surface area contributed by atoms with Crippen molar-refractivity contribution in [3.05, 3.63) is 24.0 Å². The van der Waals surface area contributed by atoms with Crippen LogP contribution in [0.15, 0.2) is 18.3 Å². The Labute approximate surface area is 100 Å². The Morgan fingerprint density at radius 2 is 2.12 bits per heavy atom. The van der Waals surface area contributed by atoms with Gasteiger partial charge in [0.1, 0.15) is 0 Å². The summed E-state index contributed by atoms with van der Waals surface area (Å²) in [5.74, 6) is -0.401. The number of carbonyl (C=O) groups excluding carboxylic acids is 2. The van der Waals surface area contributed by atoms with Crippen LogP contribution >= 0.6 is 0 Å². The molecule has 1 amide bonds. The second-order valence-electron chi connectivity index (χ2n) is 4.12. The lowest BCUT2D eigenvalue weighted by atomic mass is 10.1. The van der Waals surface area contributed by atoms with Gasteiger partial charge in [-0.1, -0.05) is 13.8 Å². The quantitative estimate of drug-likeness (QED) is 0.752. The zero-order valence-corrected chi connectivity index (χ0v) is 10.2. The predicted molar refractivity (Wildman–Crippen MR) is 65.1 cm³/mol. The largest absolute Gasteiger partial charge is 0.346 e. The van der Waals surface area contributed by atoms with E-state index in [9.17, 15) is 9.59 Å². The Morgan fingerprint density at radius 1 is 1.41 bits per heavy atom. The first-order valence-electron chi connectivity index (χ1n) is 5.52. The smallest absolute Gasteiger partial charge is 0.223 e. The Bertz CT molecular complexity index is 407. The number of H-pyrrole nitrogens is 1. The second-order valence-corrected chi connectivity index (χ2v) is 4.12. The third-order valence-electron chi connectivity index (χ3n) is 2.25. The van der Waals surface area contributed by atoms with E-state index in [2.05, 4.69) is 15.5 Å². The molecule has 17 heavy (non-hydrogen) atoms. The van der Waals surface area contributed by atoms with Crippen molar-refractivity contribution in [3.8, 4) is 0 Å². The second kappa shape index (κ2) is 5.98. The number of carbonyl (C=O) groups is 2. The summed E-state index contributed by atoms with van der Waals surface area (Å²) < 4.78 is 0. The van der Waals surface area contributed by atoms with E-state index in [1.54, 1.807) is 39.1 Å². The zero-order valence-electron chi connectivity index (χ0n) is 10.2. The van der Waals surface area contributed by atoms with E-state index in [-0.39, 0.29) is 17.6 Å². The molecular weight excluding hydrogens is 218 g/mol. The third-order valence-corrected chi connectivity index (χ3v) is 2.25. The summed E-state index contributed by atoms with van der Waals surface area (Å²) in [4.78, 5) is 23.0. The van der Waals surface area contributed by atoms with Crippen LogP contribution in [0.3, 0.4) is 0 Å². The molecule has 0 fully saturated rings. The van der Waals surface area contributed by atoms with Crippen molar-refractivity contribution in [2.24, 2.45) is 5.92 Å². The molecule has 0 unspecified atom stereocenters.